The zero-order chi connectivity index (χ0) is 15.0. The molecule has 5 nitrogen and oxygen atoms in total. The predicted octanol–water partition coefficient (Wildman–Crippen LogP) is 1.50. The molecule has 1 saturated heterocycles. The summed E-state index contributed by atoms with van der Waals surface area (Å²) in [4.78, 5) is 12.4. The molecule has 2 aliphatic rings. The third-order valence-electron chi connectivity index (χ3n) is 4.50. The molecule has 2 atom stereocenters. The second-order valence-electron chi connectivity index (χ2n) is 7.00. The summed E-state index contributed by atoms with van der Waals surface area (Å²) in [6, 6.07) is -0.316. The Morgan fingerprint density at radius 2 is 1.95 bits per heavy atom. The lowest BCUT2D eigenvalue weighted by atomic mass is 9.92. The number of amides is 1. The van der Waals surface area contributed by atoms with E-state index >= 15 is 0 Å². The topological polar surface area (TPSA) is 66.5 Å². The number of carbonyl (C=O) groups excluding carboxylic acids is 1. The molecule has 1 heterocycles. The summed E-state index contributed by atoms with van der Waals surface area (Å²) in [7, 11) is -3.30. The maximum atomic E-state index is 12.4. The highest BCUT2D eigenvalue weighted by Crippen LogP contribution is 2.37. The Morgan fingerprint density at radius 1 is 1.25 bits per heavy atom. The molecule has 1 saturated carbocycles. The molecule has 0 radical (unpaired) electrons. The largest absolute Gasteiger partial charge is 0.352 e. The Bertz CT molecular complexity index is 473. The summed E-state index contributed by atoms with van der Waals surface area (Å²) in [6.07, 6.45) is 6.66. The number of hydrogen-bond acceptors (Lipinski definition) is 3. The van der Waals surface area contributed by atoms with Crippen molar-refractivity contribution in [1.29, 1.82) is 0 Å². The molecule has 6 heteroatoms. The van der Waals surface area contributed by atoms with Crippen molar-refractivity contribution < 1.29 is 13.2 Å². The second-order valence-corrected chi connectivity index (χ2v) is 8.93. The van der Waals surface area contributed by atoms with Crippen LogP contribution in [0.1, 0.15) is 52.4 Å². The molecular weight excluding hydrogens is 276 g/mol. The molecular formula is C14H26N2O3S. The molecule has 1 aliphatic heterocycles. The number of carbonyl (C=O) groups is 1. The Hall–Kier alpha value is -0.620. The lowest BCUT2D eigenvalue weighted by Crippen LogP contribution is -2.53. The lowest BCUT2D eigenvalue weighted by Gasteiger charge is -2.33. The van der Waals surface area contributed by atoms with Gasteiger partial charge in [-0.05, 0) is 37.5 Å². The van der Waals surface area contributed by atoms with E-state index in [2.05, 4.69) is 19.2 Å². The summed E-state index contributed by atoms with van der Waals surface area (Å²) in [5, 5.41) is 3.06. The van der Waals surface area contributed by atoms with E-state index in [0.717, 1.165) is 32.1 Å². The summed E-state index contributed by atoms with van der Waals surface area (Å²) in [6.45, 7) is 4.89. The van der Waals surface area contributed by atoms with Gasteiger partial charge in [0.2, 0.25) is 15.9 Å². The second kappa shape index (κ2) is 5.64. The van der Waals surface area contributed by atoms with Gasteiger partial charge >= 0.3 is 0 Å². The van der Waals surface area contributed by atoms with Crippen molar-refractivity contribution in [2.24, 2.45) is 5.41 Å². The fourth-order valence-electron chi connectivity index (χ4n) is 3.42. The van der Waals surface area contributed by atoms with Crippen LogP contribution in [0.25, 0.3) is 0 Å². The molecule has 1 N–H and O–H groups in total. The average Bonchev–Trinajstić information content (AvgIpc) is 2.67. The molecule has 20 heavy (non-hydrogen) atoms. The normalized spacial score (nSPS) is 31.1. The summed E-state index contributed by atoms with van der Waals surface area (Å²) in [5.41, 5.74) is 0.279. The van der Waals surface area contributed by atoms with Gasteiger partial charge in [0, 0.05) is 12.6 Å². The highest BCUT2D eigenvalue weighted by Gasteiger charge is 2.37. The van der Waals surface area contributed by atoms with Crippen LogP contribution in [-0.4, -0.2) is 43.5 Å². The molecule has 2 rings (SSSR count). The van der Waals surface area contributed by atoms with Gasteiger partial charge in [0.05, 0.1) is 6.26 Å². The molecule has 0 aromatic carbocycles. The third-order valence-corrected chi connectivity index (χ3v) is 5.79. The zero-order valence-corrected chi connectivity index (χ0v) is 13.5. The fourth-order valence-corrected chi connectivity index (χ4v) is 4.54. The van der Waals surface area contributed by atoms with E-state index < -0.39 is 16.1 Å². The molecule has 1 aliphatic carbocycles. The number of piperidine rings is 1. The molecule has 116 valence electrons. The Morgan fingerprint density at radius 3 is 2.50 bits per heavy atom. The molecule has 0 aromatic heterocycles. The van der Waals surface area contributed by atoms with Crippen LogP contribution in [0.2, 0.25) is 0 Å². The van der Waals surface area contributed by atoms with Gasteiger partial charge in [-0.15, -0.1) is 0 Å². The first-order chi connectivity index (χ1) is 9.19. The molecule has 0 bridgehead atoms. The van der Waals surface area contributed by atoms with Crippen molar-refractivity contribution in [3.8, 4) is 0 Å². The van der Waals surface area contributed by atoms with Gasteiger partial charge in [-0.3, -0.25) is 4.79 Å². The molecule has 2 unspecified atom stereocenters. The quantitative estimate of drug-likeness (QED) is 0.859. The summed E-state index contributed by atoms with van der Waals surface area (Å²) >= 11 is 0. The van der Waals surface area contributed by atoms with E-state index in [4.69, 9.17) is 0 Å². The minimum absolute atomic E-state index is 0.113. The minimum atomic E-state index is -3.30. The molecule has 0 aromatic rings. The van der Waals surface area contributed by atoms with Crippen molar-refractivity contribution in [3.05, 3.63) is 0 Å². The van der Waals surface area contributed by atoms with Crippen LogP contribution in [0, 0.1) is 5.41 Å². The smallest absolute Gasteiger partial charge is 0.238 e. The number of nitrogens with zero attached hydrogens (tertiary/aromatic N) is 1. The lowest BCUT2D eigenvalue weighted by molar-refractivity contribution is -0.126. The summed E-state index contributed by atoms with van der Waals surface area (Å²) < 4.78 is 24.9. The van der Waals surface area contributed by atoms with E-state index in [1.165, 1.54) is 10.6 Å². The van der Waals surface area contributed by atoms with E-state index in [-0.39, 0.29) is 17.4 Å². The van der Waals surface area contributed by atoms with Gasteiger partial charge in [-0.1, -0.05) is 20.3 Å². The monoisotopic (exact) mass is 302 g/mol. The van der Waals surface area contributed by atoms with Crippen LogP contribution in [0.15, 0.2) is 0 Å². The van der Waals surface area contributed by atoms with Crippen LogP contribution >= 0.6 is 0 Å². The van der Waals surface area contributed by atoms with Crippen molar-refractivity contribution in [1.82, 2.24) is 9.62 Å². The van der Waals surface area contributed by atoms with Crippen LogP contribution in [-0.2, 0) is 14.8 Å². The molecule has 0 spiro atoms. The highest BCUT2D eigenvalue weighted by atomic mass is 32.2. The van der Waals surface area contributed by atoms with E-state index in [0.29, 0.717) is 13.0 Å². The van der Waals surface area contributed by atoms with E-state index in [1.54, 1.807) is 0 Å². The van der Waals surface area contributed by atoms with Crippen LogP contribution < -0.4 is 5.32 Å². The third kappa shape index (κ3) is 3.73. The number of hydrogen-bond donors (Lipinski definition) is 1. The van der Waals surface area contributed by atoms with Crippen LogP contribution in [0.3, 0.4) is 0 Å². The van der Waals surface area contributed by atoms with Gasteiger partial charge < -0.3 is 5.32 Å². The molecule has 2 fully saturated rings. The number of rotatable bonds is 3. The van der Waals surface area contributed by atoms with Crippen LogP contribution in [0.5, 0.6) is 0 Å². The first-order valence-corrected chi connectivity index (χ1v) is 9.31. The van der Waals surface area contributed by atoms with Gasteiger partial charge in [-0.25, -0.2) is 8.42 Å². The zero-order valence-electron chi connectivity index (χ0n) is 12.7. The SMILES string of the molecule is CC1(C)CCC(NC(=O)C2CCCCN2S(C)(=O)=O)C1. The maximum absolute atomic E-state index is 12.4. The average molecular weight is 302 g/mol. The standard InChI is InChI=1S/C14H26N2O3S/c1-14(2)8-7-11(10-14)15-13(17)12-6-4-5-9-16(12)20(3,18)19/h11-12H,4-10H2,1-3H3,(H,15,17). The Kier molecular flexibility index (Phi) is 4.44. The van der Waals surface area contributed by atoms with Gasteiger partial charge in [0.25, 0.3) is 0 Å². The molecule has 1 amide bonds. The van der Waals surface area contributed by atoms with Gasteiger partial charge in [0.15, 0.2) is 0 Å². The summed E-state index contributed by atoms with van der Waals surface area (Å²) in [5.74, 6) is -0.113. The predicted molar refractivity (Wildman–Crippen MR) is 78.8 cm³/mol. The Labute approximate surface area is 122 Å². The Balaban J connectivity index is 2.00. The maximum Gasteiger partial charge on any atom is 0.238 e. The fraction of sp³-hybridized carbons (Fsp3) is 0.929. The van der Waals surface area contributed by atoms with Crippen molar-refractivity contribution >= 4 is 15.9 Å². The van der Waals surface area contributed by atoms with Gasteiger partial charge in [0.1, 0.15) is 6.04 Å². The van der Waals surface area contributed by atoms with Crippen molar-refractivity contribution in [3.63, 3.8) is 0 Å². The van der Waals surface area contributed by atoms with Crippen LogP contribution in [0.4, 0.5) is 0 Å². The van der Waals surface area contributed by atoms with E-state index in [1.807, 2.05) is 0 Å². The highest BCUT2D eigenvalue weighted by molar-refractivity contribution is 7.88. The number of sulfonamides is 1. The van der Waals surface area contributed by atoms with Crippen molar-refractivity contribution in [2.75, 3.05) is 12.8 Å². The van der Waals surface area contributed by atoms with Crippen molar-refractivity contribution in [2.45, 2.75) is 64.5 Å². The first kappa shape index (κ1) is 15.8. The van der Waals surface area contributed by atoms with E-state index in [9.17, 15) is 13.2 Å². The minimum Gasteiger partial charge on any atom is -0.352 e. The number of nitrogens with one attached hydrogen (secondary N) is 1. The first-order valence-electron chi connectivity index (χ1n) is 7.46. The van der Waals surface area contributed by atoms with Gasteiger partial charge in [-0.2, -0.15) is 4.31 Å².